The first kappa shape index (κ1) is 11.2. The van der Waals surface area contributed by atoms with Gasteiger partial charge in [-0.1, -0.05) is 0 Å². The number of fused-ring (bicyclic) bond motifs is 1. The maximum atomic E-state index is 11.8. The zero-order valence-electron chi connectivity index (χ0n) is 10.4. The van der Waals surface area contributed by atoms with Crippen molar-refractivity contribution in [3.63, 3.8) is 0 Å². The van der Waals surface area contributed by atoms with E-state index in [2.05, 4.69) is 29.1 Å². The van der Waals surface area contributed by atoms with Gasteiger partial charge in [0, 0.05) is 19.3 Å². The fourth-order valence-electron chi connectivity index (χ4n) is 2.62. The Kier molecular flexibility index (Phi) is 2.74. The third kappa shape index (κ3) is 1.52. The van der Waals surface area contributed by atoms with Crippen LogP contribution in [-0.2, 0) is 4.79 Å². The predicted octanol–water partition coefficient (Wildman–Crippen LogP) is 1.15. The third-order valence-electron chi connectivity index (χ3n) is 3.63. The summed E-state index contributed by atoms with van der Waals surface area (Å²) < 4.78 is 0. The Morgan fingerprint density at radius 1 is 1.50 bits per heavy atom. The average molecular weight is 221 g/mol. The number of amidine groups is 1. The standard InChI is InChI=1S/C12H19N3O/c1-7-8(2)14-9(3)15-6-5-10(11(7)15)12(16)13-4/h8,10H,5-6H2,1-4H3,(H,13,16). The second-order valence-corrected chi connectivity index (χ2v) is 4.53. The summed E-state index contributed by atoms with van der Waals surface area (Å²) >= 11 is 0. The monoisotopic (exact) mass is 221 g/mol. The van der Waals surface area contributed by atoms with Crippen LogP contribution in [0.1, 0.15) is 27.2 Å². The summed E-state index contributed by atoms with van der Waals surface area (Å²) in [5.74, 6) is 1.18. The molecular weight excluding hydrogens is 202 g/mol. The van der Waals surface area contributed by atoms with Crippen molar-refractivity contribution in [1.29, 1.82) is 0 Å². The quantitative estimate of drug-likeness (QED) is 0.722. The fourth-order valence-corrected chi connectivity index (χ4v) is 2.62. The summed E-state index contributed by atoms with van der Waals surface area (Å²) in [5, 5.41) is 2.75. The highest BCUT2D eigenvalue weighted by Crippen LogP contribution is 2.35. The van der Waals surface area contributed by atoms with Gasteiger partial charge < -0.3 is 10.2 Å². The molecule has 2 aliphatic heterocycles. The number of aliphatic imine (C=N–C) groups is 1. The van der Waals surface area contributed by atoms with Gasteiger partial charge in [0.15, 0.2) is 0 Å². The number of carbonyl (C=O) groups is 1. The van der Waals surface area contributed by atoms with E-state index in [1.165, 1.54) is 11.3 Å². The van der Waals surface area contributed by atoms with Crippen LogP contribution in [0.3, 0.4) is 0 Å². The Hall–Kier alpha value is -1.32. The molecule has 0 aliphatic carbocycles. The SMILES string of the molecule is CNC(=O)C1CCN2C(C)=NC(C)C(C)=C12. The largest absolute Gasteiger partial charge is 0.359 e. The van der Waals surface area contributed by atoms with E-state index in [9.17, 15) is 4.79 Å². The Morgan fingerprint density at radius 3 is 2.81 bits per heavy atom. The van der Waals surface area contributed by atoms with E-state index in [1.807, 2.05) is 6.92 Å². The van der Waals surface area contributed by atoms with Crippen molar-refractivity contribution in [3.05, 3.63) is 11.3 Å². The number of hydrogen-bond donors (Lipinski definition) is 1. The third-order valence-corrected chi connectivity index (χ3v) is 3.63. The van der Waals surface area contributed by atoms with Gasteiger partial charge in [-0.2, -0.15) is 0 Å². The molecule has 4 heteroatoms. The lowest BCUT2D eigenvalue weighted by Crippen LogP contribution is -2.35. The van der Waals surface area contributed by atoms with E-state index >= 15 is 0 Å². The van der Waals surface area contributed by atoms with Crippen LogP contribution < -0.4 is 5.32 Å². The van der Waals surface area contributed by atoms with Gasteiger partial charge in [0.05, 0.1) is 12.0 Å². The molecule has 2 heterocycles. The normalized spacial score (nSPS) is 29.0. The second kappa shape index (κ2) is 3.92. The lowest BCUT2D eigenvalue weighted by molar-refractivity contribution is -0.123. The minimum Gasteiger partial charge on any atom is -0.359 e. The Bertz CT molecular complexity index is 384. The molecule has 2 unspecified atom stereocenters. The molecule has 0 bridgehead atoms. The Balaban J connectivity index is 2.38. The van der Waals surface area contributed by atoms with Gasteiger partial charge in [-0.3, -0.25) is 9.79 Å². The van der Waals surface area contributed by atoms with Crippen molar-refractivity contribution >= 4 is 11.7 Å². The zero-order chi connectivity index (χ0) is 11.9. The number of hydrogen-bond acceptors (Lipinski definition) is 3. The van der Waals surface area contributed by atoms with E-state index in [1.54, 1.807) is 7.05 Å². The molecule has 1 N–H and O–H groups in total. The summed E-state index contributed by atoms with van der Waals surface area (Å²) in [5.41, 5.74) is 2.41. The first-order valence-electron chi connectivity index (χ1n) is 5.80. The van der Waals surface area contributed by atoms with Crippen molar-refractivity contribution in [2.24, 2.45) is 10.9 Å². The number of carbonyl (C=O) groups excluding carboxylic acids is 1. The highest BCUT2D eigenvalue weighted by atomic mass is 16.1. The minimum absolute atomic E-state index is 0.0119. The molecule has 0 aromatic rings. The molecule has 16 heavy (non-hydrogen) atoms. The average Bonchev–Trinajstić information content (AvgIpc) is 2.70. The van der Waals surface area contributed by atoms with Crippen LogP contribution in [0.25, 0.3) is 0 Å². The van der Waals surface area contributed by atoms with Crippen LogP contribution in [0.15, 0.2) is 16.3 Å². The lowest BCUT2D eigenvalue weighted by atomic mass is 9.96. The molecule has 2 atom stereocenters. The number of nitrogens with zero attached hydrogens (tertiary/aromatic N) is 2. The molecule has 4 nitrogen and oxygen atoms in total. The van der Waals surface area contributed by atoms with Crippen molar-refractivity contribution in [2.45, 2.75) is 33.2 Å². The molecule has 1 fully saturated rings. The van der Waals surface area contributed by atoms with Crippen LogP contribution in [0.2, 0.25) is 0 Å². The van der Waals surface area contributed by atoms with Crippen LogP contribution in [0, 0.1) is 5.92 Å². The summed E-state index contributed by atoms with van der Waals surface area (Å²) in [4.78, 5) is 18.6. The summed E-state index contributed by atoms with van der Waals surface area (Å²) in [7, 11) is 1.70. The molecule has 2 rings (SSSR count). The zero-order valence-corrected chi connectivity index (χ0v) is 10.4. The van der Waals surface area contributed by atoms with Crippen molar-refractivity contribution in [1.82, 2.24) is 10.2 Å². The van der Waals surface area contributed by atoms with Gasteiger partial charge in [-0.15, -0.1) is 0 Å². The molecule has 0 spiro atoms. The molecule has 0 radical (unpaired) electrons. The van der Waals surface area contributed by atoms with Gasteiger partial charge in [-0.25, -0.2) is 0 Å². The van der Waals surface area contributed by atoms with Gasteiger partial charge >= 0.3 is 0 Å². The molecule has 0 aromatic heterocycles. The van der Waals surface area contributed by atoms with E-state index in [4.69, 9.17) is 0 Å². The van der Waals surface area contributed by atoms with Crippen LogP contribution in [0.5, 0.6) is 0 Å². The van der Waals surface area contributed by atoms with E-state index in [0.717, 1.165) is 18.8 Å². The minimum atomic E-state index is 0.0119. The smallest absolute Gasteiger partial charge is 0.228 e. The molecule has 0 saturated carbocycles. The number of amides is 1. The summed E-state index contributed by atoms with van der Waals surface area (Å²) in [6.45, 7) is 7.11. The predicted molar refractivity (Wildman–Crippen MR) is 64.2 cm³/mol. The van der Waals surface area contributed by atoms with Crippen LogP contribution in [0.4, 0.5) is 0 Å². The van der Waals surface area contributed by atoms with Gasteiger partial charge in [-0.05, 0) is 32.8 Å². The van der Waals surface area contributed by atoms with Gasteiger partial charge in [0.1, 0.15) is 5.84 Å². The Morgan fingerprint density at radius 2 is 2.19 bits per heavy atom. The van der Waals surface area contributed by atoms with Crippen molar-refractivity contribution in [3.8, 4) is 0 Å². The fraction of sp³-hybridized carbons (Fsp3) is 0.667. The Labute approximate surface area is 96.4 Å². The maximum Gasteiger partial charge on any atom is 0.228 e. The summed E-state index contributed by atoms with van der Waals surface area (Å²) in [6, 6.07) is 0.205. The van der Waals surface area contributed by atoms with Gasteiger partial charge in [0.2, 0.25) is 5.91 Å². The first-order valence-corrected chi connectivity index (χ1v) is 5.80. The first-order chi connectivity index (χ1) is 7.56. The molecule has 88 valence electrons. The lowest BCUT2D eigenvalue weighted by Gasteiger charge is -2.30. The second-order valence-electron chi connectivity index (χ2n) is 4.53. The molecule has 2 aliphatic rings. The van der Waals surface area contributed by atoms with Gasteiger partial charge in [0.25, 0.3) is 0 Å². The molecular formula is C12H19N3O. The van der Waals surface area contributed by atoms with E-state index < -0.39 is 0 Å². The van der Waals surface area contributed by atoms with Crippen molar-refractivity contribution < 1.29 is 4.79 Å². The topological polar surface area (TPSA) is 44.7 Å². The van der Waals surface area contributed by atoms with E-state index in [-0.39, 0.29) is 17.9 Å². The maximum absolute atomic E-state index is 11.8. The number of nitrogens with one attached hydrogen (secondary N) is 1. The van der Waals surface area contributed by atoms with Crippen molar-refractivity contribution in [2.75, 3.05) is 13.6 Å². The highest BCUT2D eigenvalue weighted by Gasteiger charge is 2.38. The molecule has 0 aromatic carbocycles. The van der Waals surface area contributed by atoms with Crippen LogP contribution >= 0.6 is 0 Å². The molecule has 1 amide bonds. The van der Waals surface area contributed by atoms with Crippen LogP contribution in [-0.4, -0.2) is 36.3 Å². The van der Waals surface area contributed by atoms with E-state index in [0.29, 0.717) is 0 Å². The molecule has 1 saturated heterocycles. The highest BCUT2D eigenvalue weighted by molar-refractivity contribution is 5.88. The number of rotatable bonds is 1. The summed E-state index contributed by atoms with van der Waals surface area (Å²) in [6.07, 6.45) is 0.895.